The van der Waals surface area contributed by atoms with E-state index in [1.165, 1.54) is 33.4 Å². The number of hydrogen-bond acceptors (Lipinski definition) is 4. The maximum atomic E-state index is 2.50. The standard InChI is InChI=1S/C75H58N4/c1-9-25-59(26-10-1)76(60-27-11-2-12-28-60)67-45-41-57(42-46-67)55-75(56-58-43-47-68(48-44-58)77(61-29-13-3-14-30-61)62-31-15-4-16-32-62)73-53-69(78(63-33-17-5-18-34-63)64-35-19-6-20-36-64)49-51-71(73)72-52-50-70(54-74(72)75)79(65-37-21-7-22-38-65)66-39-23-8-24-40-66/h1-54H,55-56H2. The number of nitrogens with zero attached hydrogens (tertiary/aromatic N) is 4. The first-order valence-electron chi connectivity index (χ1n) is 27.3. The molecule has 12 aromatic carbocycles. The molecule has 0 spiro atoms. The van der Waals surface area contributed by atoms with Crippen molar-refractivity contribution in [1.82, 2.24) is 0 Å². The van der Waals surface area contributed by atoms with E-state index < -0.39 is 5.41 Å². The minimum Gasteiger partial charge on any atom is -0.311 e. The minimum absolute atomic E-state index is 0.547. The maximum absolute atomic E-state index is 2.50. The average Bonchev–Trinajstić information content (AvgIpc) is 3.84. The van der Waals surface area contributed by atoms with Crippen LogP contribution in [0.15, 0.2) is 328 Å². The molecule has 0 saturated heterocycles. The molecule has 378 valence electrons. The van der Waals surface area contributed by atoms with Gasteiger partial charge in [0.1, 0.15) is 0 Å². The average molecular weight is 1020 g/mol. The summed E-state index contributed by atoms with van der Waals surface area (Å²) in [6.07, 6.45) is 1.48. The molecule has 0 unspecified atom stereocenters. The van der Waals surface area contributed by atoms with E-state index in [2.05, 4.69) is 347 Å². The van der Waals surface area contributed by atoms with Gasteiger partial charge in [-0.25, -0.2) is 0 Å². The van der Waals surface area contributed by atoms with Crippen LogP contribution in [0.3, 0.4) is 0 Å². The molecule has 4 nitrogen and oxygen atoms in total. The number of hydrogen-bond donors (Lipinski definition) is 0. The second-order valence-corrected chi connectivity index (χ2v) is 20.3. The van der Waals surface area contributed by atoms with Crippen LogP contribution in [0.25, 0.3) is 11.1 Å². The highest BCUT2D eigenvalue weighted by Crippen LogP contribution is 2.56. The molecule has 4 heteroatoms. The summed E-state index contributed by atoms with van der Waals surface area (Å²) in [6, 6.07) is 119. The van der Waals surface area contributed by atoms with E-state index in [-0.39, 0.29) is 0 Å². The third-order valence-electron chi connectivity index (χ3n) is 15.4. The van der Waals surface area contributed by atoms with Crippen LogP contribution in [-0.4, -0.2) is 0 Å². The van der Waals surface area contributed by atoms with E-state index in [0.717, 1.165) is 81.1 Å². The van der Waals surface area contributed by atoms with E-state index in [1.807, 2.05) is 0 Å². The van der Waals surface area contributed by atoms with Crippen LogP contribution in [0, 0.1) is 0 Å². The van der Waals surface area contributed by atoms with Gasteiger partial charge < -0.3 is 19.6 Å². The molecular weight excluding hydrogens is 957 g/mol. The summed E-state index contributed by atoms with van der Waals surface area (Å²) >= 11 is 0. The first-order valence-corrected chi connectivity index (χ1v) is 27.3. The lowest BCUT2D eigenvalue weighted by Crippen LogP contribution is -2.31. The van der Waals surface area contributed by atoms with Crippen LogP contribution in [-0.2, 0) is 18.3 Å². The van der Waals surface area contributed by atoms with Crippen molar-refractivity contribution in [3.63, 3.8) is 0 Å². The number of rotatable bonds is 16. The third-order valence-corrected chi connectivity index (χ3v) is 15.4. The zero-order valence-corrected chi connectivity index (χ0v) is 43.9. The molecule has 12 aromatic rings. The van der Waals surface area contributed by atoms with Gasteiger partial charge in [-0.3, -0.25) is 0 Å². The van der Waals surface area contributed by atoms with Crippen LogP contribution in [0.1, 0.15) is 22.3 Å². The summed E-state index contributed by atoms with van der Waals surface area (Å²) in [5, 5.41) is 0. The minimum atomic E-state index is -0.547. The Morgan fingerprint density at radius 1 is 0.190 bits per heavy atom. The monoisotopic (exact) mass is 1010 g/mol. The fourth-order valence-electron chi connectivity index (χ4n) is 11.8. The summed E-state index contributed by atoms with van der Waals surface area (Å²) in [4.78, 5) is 9.49. The third kappa shape index (κ3) is 9.73. The number of anilines is 12. The van der Waals surface area contributed by atoms with Crippen LogP contribution in [0.4, 0.5) is 68.2 Å². The summed E-state index contributed by atoms with van der Waals surface area (Å²) in [7, 11) is 0. The van der Waals surface area contributed by atoms with Crippen LogP contribution in [0.2, 0.25) is 0 Å². The maximum Gasteiger partial charge on any atom is 0.0465 e. The summed E-state index contributed by atoms with van der Waals surface area (Å²) in [5.41, 5.74) is 20.4. The molecule has 0 amide bonds. The van der Waals surface area contributed by atoms with Crippen molar-refractivity contribution in [2.24, 2.45) is 0 Å². The lowest BCUT2D eigenvalue weighted by Gasteiger charge is -2.35. The topological polar surface area (TPSA) is 13.0 Å². The van der Waals surface area contributed by atoms with Gasteiger partial charge in [0, 0.05) is 73.7 Å². The normalized spacial score (nSPS) is 12.0. The zero-order valence-electron chi connectivity index (χ0n) is 43.9. The second kappa shape index (κ2) is 21.8. The Balaban J connectivity index is 1.02. The predicted octanol–water partition coefficient (Wildman–Crippen LogP) is 20.3. The Bertz CT molecular complexity index is 3500. The number of para-hydroxylation sites is 8. The molecule has 79 heavy (non-hydrogen) atoms. The van der Waals surface area contributed by atoms with Crippen LogP contribution >= 0.6 is 0 Å². The Morgan fingerprint density at radius 3 is 0.608 bits per heavy atom. The molecule has 0 radical (unpaired) electrons. The molecule has 1 aliphatic carbocycles. The molecule has 0 aliphatic heterocycles. The van der Waals surface area contributed by atoms with Crippen molar-refractivity contribution >= 4 is 68.2 Å². The smallest absolute Gasteiger partial charge is 0.0465 e. The van der Waals surface area contributed by atoms with Crippen molar-refractivity contribution in [3.05, 3.63) is 350 Å². The molecule has 0 saturated carbocycles. The van der Waals surface area contributed by atoms with Gasteiger partial charge in [-0.1, -0.05) is 182 Å². The molecule has 0 heterocycles. The highest BCUT2D eigenvalue weighted by atomic mass is 15.2. The second-order valence-electron chi connectivity index (χ2n) is 20.3. The predicted molar refractivity (Wildman–Crippen MR) is 332 cm³/mol. The Hall–Kier alpha value is -10.2. The lowest BCUT2D eigenvalue weighted by molar-refractivity contribution is 0.520. The molecular formula is C75H58N4. The Labute approximate surface area is 464 Å². The number of benzene rings is 12. The van der Waals surface area contributed by atoms with Gasteiger partial charge in [0.05, 0.1) is 0 Å². The van der Waals surface area contributed by atoms with Gasteiger partial charge in [0.25, 0.3) is 0 Å². The van der Waals surface area contributed by atoms with Crippen LogP contribution in [0.5, 0.6) is 0 Å². The highest BCUT2D eigenvalue weighted by Gasteiger charge is 2.44. The van der Waals surface area contributed by atoms with E-state index in [9.17, 15) is 0 Å². The number of fused-ring (bicyclic) bond motifs is 3. The summed E-state index contributed by atoms with van der Waals surface area (Å²) in [5.74, 6) is 0. The van der Waals surface area contributed by atoms with Crippen molar-refractivity contribution in [2.45, 2.75) is 18.3 Å². The van der Waals surface area contributed by atoms with E-state index in [4.69, 9.17) is 0 Å². The molecule has 0 fully saturated rings. The van der Waals surface area contributed by atoms with E-state index in [0.29, 0.717) is 0 Å². The molecule has 0 atom stereocenters. The quantitative estimate of drug-likeness (QED) is 0.0956. The summed E-state index contributed by atoms with van der Waals surface area (Å²) < 4.78 is 0. The van der Waals surface area contributed by atoms with Gasteiger partial charge in [0.2, 0.25) is 0 Å². The largest absolute Gasteiger partial charge is 0.311 e. The van der Waals surface area contributed by atoms with Gasteiger partial charge >= 0.3 is 0 Å². The van der Waals surface area contributed by atoms with Crippen LogP contribution < -0.4 is 19.6 Å². The Morgan fingerprint density at radius 2 is 0.380 bits per heavy atom. The van der Waals surface area contributed by atoms with Gasteiger partial charge in [0.15, 0.2) is 0 Å². The molecule has 13 rings (SSSR count). The first kappa shape index (κ1) is 48.5. The lowest BCUT2D eigenvalue weighted by atomic mass is 9.69. The highest BCUT2D eigenvalue weighted by molar-refractivity contribution is 5.89. The van der Waals surface area contributed by atoms with Gasteiger partial charge in [-0.05, 0) is 192 Å². The van der Waals surface area contributed by atoms with Gasteiger partial charge in [-0.2, -0.15) is 0 Å². The zero-order chi connectivity index (χ0) is 52.8. The Kier molecular flexibility index (Phi) is 13.4. The van der Waals surface area contributed by atoms with Crippen molar-refractivity contribution in [2.75, 3.05) is 19.6 Å². The fourth-order valence-corrected chi connectivity index (χ4v) is 11.8. The molecule has 0 N–H and O–H groups in total. The summed E-state index contributed by atoms with van der Waals surface area (Å²) in [6.45, 7) is 0. The molecule has 0 bridgehead atoms. The van der Waals surface area contributed by atoms with Crippen molar-refractivity contribution in [1.29, 1.82) is 0 Å². The van der Waals surface area contributed by atoms with E-state index >= 15 is 0 Å². The van der Waals surface area contributed by atoms with Crippen molar-refractivity contribution in [3.8, 4) is 11.1 Å². The molecule has 0 aromatic heterocycles. The van der Waals surface area contributed by atoms with Crippen molar-refractivity contribution < 1.29 is 0 Å². The molecule has 1 aliphatic rings. The van der Waals surface area contributed by atoms with E-state index in [1.54, 1.807) is 0 Å². The van der Waals surface area contributed by atoms with Gasteiger partial charge in [-0.15, -0.1) is 0 Å². The fraction of sp³-hybridized carbons (Fsp3) is 0.0400. The first-order chi connectivity index (χ1) is 39.2. The SMILES string of the molecule is c1ccc(N(c2ccccc2)c2ccc(CC3(Cc4ccc(N(c5ccccc5)c5ccccc5)cc4)c4cc(N(c5ccccc5)c5ccccc5)ccc4-c4ccc(N(c5ccccc5)c5ccccc5)cc43)cc2)cc1.